The van der Waals surface area contributed by atoms with Crippen LogP contribution in [0.3, 0.4) is 0 Å². The molecule has 4 atom stereocenters. The van der Waals surface area contributed by atoms with Crippen LogP contribution in [-0.2, 0) is 19.1 Å². The molecule has 0 saturated carbocycles. The first kappa shape index (κ1) is 43.7. The lowest BCUT2D eigenvalue weighted by Gasteiger charge is -2.30. The Hall–Kier alpha value is -6.96. The van der Waals surface area contributed by atoms with Crippen LogP contribution >= 0.6 is 0 Å². The molecule has 6 aromatic rings. The lowest BCUT2D eigenvalue weighted by Crippen LogP contribution is -2.51. The van der Waals surface area contributed by atoms with Gasteiger partial charge in [0.05, 0.1) is 43.9 Å². The zero-order chi connectivity index (χ0) is 45.1. The second kappa shape index (κ2) is 18.8. The van der Waals surface area contributed by atoms with Crippen LogP contribution in [-0.4, -0.2) is 93.1 Å². The van der Waals surface area contributed by atoms with Crippen LogP contribution in [0.25, 0.3) is 55.5 Å². The molecule has 0 aliphatic carbocycles. The summed E-state index contributed by atoms with van der Waals surface area (Å²) in [5, 5.41) is 7.70. The Morgan fingerprint density at radius 2 is 1.11 bits per heavy atom. The smallest absolute Gasteiger partial charge is 0.407 e. The van der Waals surface area contributed by atoms with Gasteiger partial charge in [-0.1, -0.05) is 113 Å². The lowest BCUT2D eigenvalue weighted by molar-refractivity contribution is -0.136. The van der Waals surface area contributed by atoms with Crippen LogP contribution in [0, 0.1) is 11.8 Å². The van der Waals surface area contributed by atoms with Crippen LogP contribution in [0.15, 0.2) is 97.3 Å². The Kier molecular flexibility index (Phi) is 12.8. The first-order chi connectivity index (χ1) is 30.9. The van der Waals surface area contributed by atoms with E-state index in [0.717, 1.165) is 92.9 Å². The van der Waals surface area contributed by atoms with Gasteiger partial charge in [0.15, 0.2) is 0 Å². The summed E-state index contributed by atoms with van der Waals surface area (Å²) in [4.78, 5) is 71.5. The van der Waals surface area contributed by atoms with Crippen LogP contribution < -0.4 is 10.6 Å². The maximum Gasteiger partial charge on any atom is 0.407 e. The summed E-state index contributed by atoms with van der Waals surface area (Å²) in [6.07, 6.45) is 5.72. The Bertz CT molecular complexity index is 2450. The van der Waals surface area contributed by atoms with Crippen molar-refractivity contribution in [1.82, 2.24) is 40.4 Å². The molecule has 8 rings (SSSR count). The van der Waals surface area contributed by atoms with Crippen LogP contribution in [0.5, 0.6) is 0 Å². The van der Waals surface area contributed by atoms with Gasteiger partial charge >= 0.3 is 12.2 Å². The summed E-state index contributed by atoms with van der Waals surface area (Å²) in [7, 11) is 2.59. The van der Waals surface area contributed by atoms with Crippen molar-refractivity contribution in [2.24, 2.45) is 11.8 Å². The number of nitrogens with zero attached hydrogens (tertiary/aromatic N) is 4. The molecule has 0 radical (unpaired) electrons. The number of ether oxygens (including phenoxy) is 2. The molecule has 0 bridgehead atoms. The van der Waals surface area contributed by atoms with Gasteiger partial charge < -0.3 is 39.9 Å². The highest BCUT2D eigenvalue weighted by Crippen LogP contribution is 2.38. The third-order valence-corrected chi connectivity index (χ3v) is 12.6. The van der Waals surface area contributed by atoms with Crippen LogP contribution in [0.2, 0.25) is 0 Å². The number of amides is 4. The number of carbonyl (C=O) groups excluding carboxylic acids is 4. The Morgan fingerprint density at radius 1 is 0.641 bits per heavy atom. The number of hydrogen-bond acceptors (Lipinski definition) is 8. The van der Waals surface area contributed by atoms with Gasteiger partial charge in [0.2, 0.25) is 11.8 Å². The number of H-pyrrole nitrogens is 2. The molecule has 2 aliphatic heterocycles. The van der Waals surface area contributed by atoms with Crippen molar-refractivity contribution < 1.29 is 28.7 Å². The van der Waals surface area contributed by atoms with E-state index in [1.165, 1.54) is 14.2 Å². The molecular weight excluding hydrogens is 809 g/mol. The van der Waals surface area contributed by atoms with Crippen LogP contribution in [0.1, 0.15) is 77.1 Å². The number of aromatic nitrogens is 4. The summed E-state index contributed by atoms with van der Waals surface area (Å²) in [6.45, 7) is 8.81. The molecular formula is C50H56N8O6. The molecule has 4 amide bonds. The number of hydrogen-bond donors (Lipinski definition) is 4. The Morgan fingerprint density at radius 3 is 1.59 bits per heavy atom. The molecule has 4 unspecified atom stereocenters. The van der Waals surface area contributed by atoms with Gasteiger partial charge in [0, 0.05) is 24.8 Å². The summed E-state index contributed by atoms with van der Waals surface area (Å²) in [5.41, 5.74) is 8.02. The summed E-state index contributed by atoms with van der Waals surface area (Å²) >= 11 is 0. The number of nitrogens with one attached hydrogen (secondary N) is 4. The predicted octanol–water partition coefficient (Wildman–Crippen LogP) is 9.04. The number of benzene rings is 4. The third-order valence-electron chi connectivity index (χ3n) is 12.6. The van der Waals surface area contributed by atoms with E-state index in [9.17, 15) is 19.2 Å². The minimum Gasteiger partial charge on any atom is -0.453 e. The number of aromatic amines is 2. The SMILES string of the molecule is COC(=O)NC(C(=O)N1CCCC1c1nc(-c2ccc(-c3cccc4c(-c5ccc(-c6cnc(C7CCCN7C(=O)C(NC(=O)OC)C(C)C)[nH]6)cc5)cccc34)cc2)c[nH]1)C(C)C. The molecule has 14 heteroatoms. The van der Waals surface area contributed by atoms with E-state index in [2.05, 4.69) is 106 Å². The fraction of sp³-hybridized carbons (Fsp3) is 0.360. The van der Waals surface area contributed by atoms with Gasteiger partial charge in [0.1, 0.15) is 23.7 Å². The van der Waals surface area contributed by atoms with E-state index in [0.29, 0.717) is 13.1 Å². The first-order valence-electron chi connectivity index (χ1n) is 22.1. The summed E-state index contributed by atoms with van der Waals surface area (Å²) in [6, 6.07) is 27.9. The zero-order valence-corrected chi connectivity index (χ0v) is 37.2. The summed E-state index contributed by atoms with van der Waals surface area (Å²) in [5.74, 6) is 0.960. The molecule has 332 valence electrons. The minimum absolute atomic E-state index is 0.109. The van der Waals surface area contributed by atoms with E-state index in [-0.39, 0.29) is 35.7 Å². The van der Waals surface area contributed by atoms with Gasteiger partial charge in [-0.2, -0.15) is 0 Å². The standard InChI is InChI=1S/C50H56N8O6/c1-29(2)43(55-49(61)63-5)47(59)57-25-9-15-41(57)45-51-27-39(53-45)33-21-17-31(18-22-33)35-11-7-14-38-36(12-8-13-37(35)38)32-19-23-34(24-20-32)40-28-52-46(54-40)42-16-10-26-58(42)48(60)44(30(3)4)56-50(62)64-6/h7-8,11-14,17-24,27-30,41-44H,9-10,15-16,25-26H2,1-6H3,(H,51,53)(H,52,54)(H,55,61)(H,56,62). The number of methoxy groups -OCH3 is 2. The minimum atomic E-state index is -0.692. The topological polar surface area (TPSA) is 175 Å². The largest absolute Gasteiger partial charge is 0.453 e. The van der Waals surface area contributed by atoms with Crippen molar-refractivity contribution in [3.8, 4) is 44.8 Å². The molecule has 2 fully saturated rings. The fourth-order valence-electron chi connectivity index (χ4n) is 9.16. The predicted molar refractivity (Wildman–Crippen MR) is 246 cm³/mol. The van der Waals surface area contributed by atoms with Gasteiger partial charge in [-0.15, -0.1) is 0 Å². The second-order valence-electron chi connectivity index (χ2n) is 17.3. The molecule has 14 nitrogen and oxygen atoms in total. The van der Waals surface area contributed by atoms with E-state index < -0.39 is 24.3 Å². The van der Waals surface area contributed by atoms with E-state index in [1.807, 2.05) is 49.9 Å². The van der Waals surface area contributed by atoms with Crippen molar-refractivity contribution >= 4 is 34.8 Å². The first-order valence-corrected chi connectivity index (χ1v) is 22.1. The molecule has 4 aromatic carbocycles. The zero-order valence-electron chi connectivity index (χ0n) is 37.2. The fourth-order valence-corrected chi connectivity index (χ4v) is 9.16. The molecule has 2 saturated heterocycles. The number of rotatable bonds is 12. The quantitative estimate of drug-likeness (QED) is 0.0943. The van der Waals surface area contributed by atoms with E-state index in [1.54, 1.807) is 0 Å². The molecule has 2 aromatic heterocycles. The molecule has 2 aliphatic rings. The van der Waals surface area contributed by atoms with Crippen molar-refractivity contribution in [2.75, 3.05) is 27.3 Å². The third kappa shape index (κ3) is 8.81. The summed E-state index contributed by atoms with van der Waals surface area (Å²) < 4.78 is 9.56. The van der Waals surface area contributed by atoms with Gasteiger partial charge in [-0.25, -0.2) is 19.6 Å². The van der Waals surface area contributed by atoms with E-state index in [4.69, 9.17) is 19.4 Å². The number of imidazole rings is 2. The van der Waals surface area contributed by atoms with E-state index >= 15 is 0 Å². The Labute approximate surface area is 373 Å². The number of alkyl carbamates (subject to hydrolysis) is 2. The number of likely N-dealkylation sites (tertiary alicyclic amines) is 2. The number of fused-ring (bicyclic) bond motifs is 1. The molecule has 0 spiro atoms. The number of carbonyl (C=O) groups is 4. The average molecular weight is 865 g/mol. The monoisotopic (exact) mass is 864 g/mol. The van der Waals surface area contributed by atoms with Crippen molar-refractivity contribution in [2.45, 2.75) is 77.5 Å². The second-order valence-corrected chi connectivity index (χ2v) is 17.3. The highest BCUT2D eigenvalue weighted by Gasteiger charge is 2.39. The lowest BCUT2D eigenvalue weighted by atomic mass is 9.92. The normalized spacial score (nSPS) is 17.2. The maximum atomic E-state index is 13.6. The molecule has 64 heavy (non-hydrogen) atoms. The van der Waals surface area contributed by atoms with Gasteiger partial charge in [0.25, 0.3) is 0 Å². The van der Waals surface area contributed by atoms with Crippen molar-refractivity contribution in [3.63, 3.8) is 0 Å². The maximum absolute atomic E-state index is 13.6. The molecule has 4 heterocycles. The Balaban J connectivity index is 0.971. The van der Waals surface area contributed by atoms with Gasteiger partial charge in [-0.05, 0) is 76.1 Å². The van der Waals surface area contributed by atoms with Crippen molar-refractivity contribution in [3.05, 3.63) is 109 Å². The average Bonchev–Trinajstić information content (AvgIpc) is 4.16. The highest BCUT2D eigenvalue weighted by atomic mass is 16.5. The van der Waals surface area contributed by atoms with Crippen molar-refractivity contribution in [1.29, 1.82) is 0 Å². The van der Waals surface area contributed by atoms with Crippen LogP contribution in [0.4, 0.5) is 9.59 Å². The highest BCUT2D eigenvalue weighted by molar-refractivity contribution is 6.04. The molecule has 4 N–H and O–H groups in total. The van der Waals surface area contributed by atoms with Gasteiger partial charge in [-0.3, -0.25) is 9.59 Å².